The Bertz CT molecular complexity index is 791. The Hall–Kier alpha value is -1.88. The van der Waals surface area contributed by atoms with E-state index in [1.165, 1.54) is 18.2 Å². The lowest BCUT2D eigenvalue weighted by molar-refractivity contribution is -0.111. The molecule has 0 aromatic heterocycles. The van der Waals surface area contributed by atoms with Crippen molar-refractivity contribution >= 4 is 52.5 Å². The molecule has 0 unspecified atom stereocenters. The topological polar surface area (TPSA) is 47.6 Å². The van der Waals surface area contributed by atoms with E-state index in [0.717, 1.165) is 5.56 Å². The minimum absolute atomic E-state index is 0.303. The van der Waals surface area contributed by atoms with Gasteiger partial charge in [0.15, 0.2) is 11.5 Å². The van der Waals surface area contributed by atoms with Crippen molar-refractivity contribution in [3.63, 3.8) is 0 Å². The van der Waals surface area contributed by atoms with Crippen LogP contribution in [0.3, 0.4) is 0 Å². The van der Waals surface area contributed by atoms with Gasteiger partial charge < -0.3 is 14.8 Å². The number of anilines is 1. The fourth-order valence-electron chi connectivity index (χ4n) is 1.92. The number of benzene rings is 2. The SMILES string of the molecule is COc1ccc(/C=C\C(=O)Nc2cc(Cl)c(Cl)cc2Cl)cc1OC. The maximum absolute atomic E-state index is 12.0. The Morgan fingerprint density at radius 2 is 1.62 bits per heavy atom. The molecule has 0 aliphatic rings. The summed E-state index contributed by atoms with van der Waals surface area (Å²) in [7, 11) is 3.10. The van der Waals surface area contributed by atoms with Crippen molar-refractivity contribution in [2.24, 2.45) is 0 Å². The quantitative estimate of drug-likeness (QED) is 0.559. The standard InChI is InChI=1S/C17H14Cl3NO3/c1-23-15-5-3-10(7-16(15)24-2)4-6-17(22)21-14-9-12(19)11(18)8-13(14)20/h3-9H,1-2H3,(H,21,22)/b6-4-. The molecular formula is C17H14Cl3NO3. The first kappa shape index (κ1) is 18.5. The molecule has 24 heavy (non-hydrogen) atoms. The highest BCUT2D eigenvalue weighted by Crippen LogP contribution is 2.32. The Labute approximate surface area is 154 Å². The Balaban J connectivity index is 2.12. The predicted octanol–water partition coefficient (Wildman–Crippen LogP) is 5.32. The molecule has 2 aromatic rings. The van der Waals surface area contributed by atoms with Crippen molar-refractivity contribution in [1.29, 1.82) is 0 Å². The summed E-state index contributed by atoms with van der Waals surface area (Å²) < 4.78 is 10.4. The normalized spacial score (nSPS) is 10.7. The fourth-order valence-corrected chi connectivity index (χ4v) is 2.52. The second kappa shape index (κ2) is 8.29. The third kappa shape index (κ3) is 4.57. The average Bonchev–Trinajstić information content (AvgIpc) is 2.57. The monoisotopic (exact) mass is 385 g/mol. The van der Waals surface area contributed by atoms with E-state index in [2.05, 4.69) is 5.32 Å². The van der Waals surface area contributed by atoms with E-state index in [9.17, 15) is 4.79 Å². The molecule has 126 valence electrons. The van der Waals surface area contributed by atoms with Gasteiger partial charge in [0.2, 0.25) is 5.91 Å². The summed E-state index contributed by atoms with van der Waals surface area (Å²) in [5.41, 5.74) is 1.16. The predicted molar refractivity (Wildman–Crippen MR) is 98.7 cm³/mol. The smallest absolute Gasteiger partial charge is 0.248 e. The largest absolute Gasteiger partial charge is 0.493 e. The number of halogens is 3. The zero-order valence-corrected chi connectivity index (χ0v) is 15.2. The lowest BCUT2D eigenvalue weighted by Crippen LogP contribution is -2.08. The van der Waals surface area contributed by atoms with E-state index in [4.69, 9.17) is 44.3 Å². The van der Waals surface area contributed by atoms with Crippen LogP contribution < -0.4 is 14.8 Å². The van der Waals surface area contributed by atoms with Crippen molar-refractivity contribution in [2.75, 3.05) is 19.5 Å². The molecule has 7 heteroatoms. The molecule has 0 heterocycles. The van der Waals surface area contributed by atoms with Gasteiger partial charge in [0, 0.05) is 6.08 Å². The Morgan fingerprint density at radius 1 is 0.958 bits per heavy atom. The van der Waals surface area contributed by atoms with E-state index >= 15 is 0 Å². The van der Waals surface area contributed by atoms with Gasteiger partial charge in [-0.1, -0.05) is 40.9 Å². The summed E-state index contributed by atoms with van der Waals surface area (Å²) in [4.78, 5) is 12.0. The van der Waals surface area contributed by atoms with Crippen LogP contribution in [0, 0.1) is 0 Å². The molecule has 0 atom stereocenters. The van der Waals surface area contributed by atoms with Gasteiger partial charge in [0.1, 0.15) is 0 Å². The summed E-state index contributed by atoms with van der Waals surface area (Å²) in [6.45, 7) is 0. The number of carbonyl (C=O) groups is 1. The average molecular weight is 387 g/mol. The van der Waals surface area contributed by atoms with Crippen LogP contribution in [0.4, 0.5) is 5.69 Å². The van der Waals surface area contributed by atoms with E-state index in [1.54, 1.807) is 38.5 Å². The van der Waals surface area contributed by atoms with Crippen LogP contribution in [-0.2, 0) is 4.79 Å². The lowest BCUT2D eigenvalue weighted by atomic mass is 10.2. The first-order valence-corrected chi connectivity index (χ1v) is 7.93. The van der Waals surface area contributed by atoms with Crippen LogP contribution in [0.2, 0.25) is 15.1 Å². The van der Waals surface area contributed by atoms with Crippen molar-refractivity contribution in [2.45, 2.75) is 0 Å². The number of hydrogen-bond acceptors (Lipinski definition) is 3. The first-order valence-electron chi connectivity index (χ1n) is 6.80. The van der Waals surface area contributed by atoms with E-state index in [-0.39, 0.29) is 5.91 Å². The van der Waals surface area contributed by atoms with E-state index in [0.29, 0.717) is 32.3 Å². The fraction of sp³-hybridized carbons (Fsp3) is 0.118. The third-order valence-electron chi connectivity index (χ3n) is 3.10. The molecule has 4 nitrogen and oxygen atoms in total. The number of methoxy groups -OCH3 is 2. The summed E-state index contributed by atoms with van der Waals surface area (Å²) in [5, 5.41) is 3.57. The van der Waals surface area contributed by atoms with Gasteiger partial charge >= 0.3 is 0 Å². The van der Waals surface area contributed by atoms with Gasteiger partial charge in [-0.25, -0.2) is 0 Å². The summed E-state index contributed by atoms with van der Waals surface area (Å²) >= 11 is 17.8. The van der Waals surface area contributed by atoms with Gasteiger partial charge in [0.05, 0.1) is 35.0 Å². The molecule has 0 radical (unpaired) electrons. The number of carbonyl (C=O) groups excluding carboxylic acids is 1. The minimum Gasteiger partial charge on any atom is -0.493 e. The van der Waals surface area contributed by atoms with Crippen molar-refractivity contribution in [1.82, 2.24) is 0 Å². The molecule has 2 aromatic carbocycles. The molecule has 0 fully saturated rings. The zero-order chi connectivity index (χ0) is 17.7. The van der Waals surface area contributed by atoms with Crippen LogP contribution in [0.1, 0.15) is 5.56 Å². The molecule has 0 spiro atoms. The van der Waals surface area contributed by atoms with Crippen LogP contribution in [0.15, 0.2) is 36.4 Å². The maximum atomic E-state index is 12.0. The second-order valence-corrected chi connectivity index (χ2v) is 5.90. The number of hydrogen-bond donors (Lipinski definition) is 1. The van der Waals surface area contributed by atoms with Crippen LogP contribution in [0.25, 0.3) is 6.08 Å². The van der Waals surface area contributed by atoms with Crippen LogP contribution >= 0.6 is 34.8 Å². The number of rotatable bonds is 5. The number of amides is 1. The van der Waals surface area contributed by atoms with Crippen molar-refractivity contribution in [3.8, 4) is 11.5 Å². The lowest BCUT2D eigenvalue weighted by Gasteiger charge is -2.08. The number of ether oxygens (including phenoxy) is 2. The van der Waals surface area contributed by atoms with Gasteiger partial charge in [-0.05, 0) is 35.9 Å². The second-order valence-electron chi connectivity index (χ2n) is 4.68. The third-order valence-corrected chi connectivity index (χ3v) is 4.14. The van der Waals surface area contributed by atoms with Crippen molar-refractivity contribution in [3.05, 3.63) is 57.0 Å². The number of nitrogens with one attached hydrogen (secondary N) is 1. The molecular weight excluding hydrogens is 373 g/mol. The van der Waals surface area contributed by atoms with Crippen molar-refractivity contribution < 1.29 is 14.3 Å². The van der Waals surface area contributed by atoms with Gasteiger partial charge in [-0.15, -0.1) is 0 Å². The molecule has 1 amide bonds. The van der Waals surface area contributed by atoms with Crippen LogP contribution in [0.5, 0.6) is 11.5 Å². The van der Waals surface area contributed by atoms with E-state index in [1.807, 2.05) is 0 Å². The maximum Gasteiger partial charge on any atom is 0.248 e. The highest BCUT2D eigenvalue weighted by Gasteiger charge is 2.08. The van der Waals surface area contributed by atoms with Gasteiger partial charge in [0.25, 0.3) is 0 Å². The van der Waals surface area contributed by atoms with E-state index < -0.39 is 0 Å². The van der Waals surface area contributed by atoms with Crippen LogP contribution in [-0.4, -0.2) is 20.1 Å². The molecule has 0 saturated carbocycles. The zero-order valence-electron chi connectivity index (χ0n) is 12.9. The highest BCUT2D eigenvalue weighted by atomic mass is 35.5. The molecule has 0 saturated heterocycles. The van der Waals surface area contributed by atoms with Gasteiger partial charge in [-0.3, -0.25) is 4.79 Å². The summed E-state index contributed by atoms with van der Waals surface area (Å²) in [6.07, 6.45) is 3.02. The van der Waals surface area contributed by atoms with Gasteiger partial charge in [-0.2, -0.15) is 0 Å². The molecule has 2 rings (SSSR count). The first-order chi connectivity index (χ1) is 11.4. The summed E-state index contributed by atoms with van der Waals surface area (Å²) in [6, 6.07) is 8.28. The molecule has 1 N–H and O–H groups in total. The minimum atomic E-state index is -0.356. The molecule has 0 aliphatic carbocycles. The summed E-state index contributed by atoms with van der Waals surface area (Å²) in [5.74, 6) is 0.833. The Morgan fingerprint density at radius 3 is 2.29 bits per heavy atom. The Kier molecular flexibility index (Phi) is 6.37. The molecule has 0 bridgehead atoms. The molecule has 0 aliphatic heterocycles. The highest BCUT2D eigenvalue weighted by molar-refractivity contribution is 6.44.